The molecule has 0 aliphatic heterocycles. The van der Waals surface area contributed by atoms with Crippen LogP contribution in [0.15, 0.2) is 29.2 Å². The largest absolute Gasteiger partial charge is 0.332 e. The zero-order chi connectivity index (χ0) is 9.19. The van der Waals surface area contributed by atoms with Crippen LogP contribution in [0.25, 0.3) is 0 Å². The van der Waals surface area contributed by atoms with Crippen LogP contribution in [-0.2, 0) is 16.8 Å². The maximum absolute atomic E-state index is 12.4. The first kappa shape index (κ1) is 12.3. The molecule has 0 bridgehead atoms. The average Bonchev–Trinajstić information content (AvgIpc) is 2.03. The molecular formula is C7H9ClFNO2S. The third kappa shape index (κ3) is 3.30. The molecule has 0 heterocycles. The topological polar surface area (TPSA) is 60.2 Å². The molecule has 0 spiro atoms. The van der Waals surface area contributed by atoms with Gasteiger partial charge in [-0.25, -0.2) is 0 Å². The van der Waals surface area contributed by atoms with Crippen molar-refractivity contribution in [1.29, 1.82) is 0 Å². The van der Waals surface area contributed by atoms with Gasteiger partial charge in [0.1, 0.15) is 0 Å². The molecule has 0 unspecified atom stereocenters. The van der Waals surface area contributed by atoms with Crippen LogP contribution < -0.4 is 5.73 Å². The van der Waals surface area contributed by atoms with Crippen LogP contribution in [0.1, 0.15) is 5.56 Å². The van der Waals surface area contributed by atoms with Crippen molar-refractivity contribution in [3.63, 3.8) is 0 Å². The van der Waals surface area contributed by atoms with Crippen molar-refractivity contribution in [3.05, 3.63) is 29.8 Å². The summed E-state index contributed by atoms with van der Waals surface area (Å²) in [5.74, 6) is 0. The number of hydrogen-bond acceptors (Lipinski definition) is 3. The summed E-state index contributed by atoms with van der Waals surface area (Å²) in [6.45, 7) is 0.198. The van der Waals surface area contributed by atoms with Gasteiger partial charge in [0.25, 0.3) is 0 Å². The van der Waals surface area contributed by atoms with E-state index in [1.165, 1.54) is 18.2 Å². The second-order valence-electron chi connectivity index (χ2n) is 2.29. The van der Waals surface area contributed by atoms with Gasteiger partial charge in [0.2, 0.25) is 0 Å². The van der Waals surface area contributed by atoms with Gasteiger partial charge in [0.15, 0.2) is 0 Å². The predicted octanol–water partition coefficient (Wildman–Crippen LogP) is 1.23. The van der Waals surface area contributed by atoms with Gasteiger partial charge in [-0.15, -0.1) is 16.3 Å². The van der Waals surface area contributed by atoms with Crippen molar-refractivity contribution in [2.75, 3.05) is 0 Å². The van der Waals surface area contributed by atoms with E-state index >= 15 is 0 Å². The van der Waals surface area contributed by atoms with E-state index in [2.05, 4.69) is 0 Å². The number of rotatable bonds is 2. The molecule has 0 atom stereocenters. The van der Waals surface area contributed by atoms with Crippen LogP contribution in [0.3, 0.4) is 0 Å². The third-order valence-corrected chi connectivity index (χ3v) is 2.23. The summed E-state index contributed by atoms with van der Waals surface area (Å²) in [7, 11) is -4.59. The Kier molecular flexibility index (Phi) is 4.32. The molecule has 0 amide bonds. The molecule has 0 aliphatic rings. The summed E-state index contributed by atoms with van der Waals surface area (Å²) in [5, 5.41) is 0. The number of nitrogens with two attached hydrogens (primary N) is 1. The second-order valence-corrected chi connectivity index (χ2v) is 3.64. The van der Waals surface area contributed by atoms with E-state index < -0.39 is 10.2 Å². The molecule has 13 heavy (non-hydrogen) atoms. The zero-order valence-corrected chi connectivity index (χ0v) is 8.24. The van der Waals surface area contributed by atoms with E-state index in [0.29, 0.717) is 5.56 Å². The quantitative estimate of drug-likeness (QED) is 0.770. The van der Waals surface area contributed by atoms with Gasteiger partial charge in [-0.05, 0) is 17.7 Å². The molecular weight excluding hydrogens is 217 g/mol. The normalized spacial score (nSPS) is 10.6. The van der Waals surface area contributed by atoms with Crippen LogP contribution in [0, 0.1) is 0 Å². The predicted molar refractivity (Wildman–Crippen MR) is 49.9 cm³/mol. The Balaban J connectivity index is 0.00000144. The highest BCUT2D eigenvalue weighted by atomic mass is 35.5. The number of hydrogen-bond donors (Lipinski definition) is 1. The zero-order valence-electron chi connectivity index (χ0n) is 6.60. The molecule has 0 aliphatic carbocycles. The van der Waals surface area contributed by atoms with Crippen molar-refractivity contribution < 1.29 is 12.3 Å². The molecule has 1 rings (SSSR count). The fourth-order valence-electron chi connectivity index (χ4n) is 0.824. The van der Waals surface area contributed by atoms with Crippen LogP contribution in [0.2, 0.25) is 0 Å². The standard InChI is InChI=1S/C7H8FNO2S.ClH/c8-12(10,11)7-3-1-2-6(4-7)5-9;/h1-4H,5,9H2;1H. The SMILES string of the molecule is Cl.NCc1cccc(S(=O)(=O)F)c1. The molecule has 1 aromatic rings. The monoisotopic (exact) mass is 225 g/mol. The van der Waals surface area contributed by atoms with E-state index in [9.17, 15) is 12.3 Å². The summed E-state index contributed by atoms with van der Waals surface area (Å²) in [5.41, 5.74) is 5.84. The molecule has 3 nitrogen and oxygen atoms in total. The summed E-state index contributed by atoms with van der Waals surface area (Å²) in [6, 6.07) is 5.49. The van der Waals surface area contributed by atoms with E-state index in [1.54, 1.807) is 6.07 Å². The van der Waals surface area contributed by atoms with Crippen LogP contribution in [0.4, 0.5) is 3.89 Å². The highest BCUT2D eigenvalue weighted by molar-refractivity contribution is 7.86. The molecule has 1 aromatic carbocycles. The molecule has 6 heteroatoms. The van der Waals surface area contributed by atoms with E-state index in [1.807, 2.05) is 0 Å². The van der Waals surface area contributed by atoms with E-state index in [-0.39, 0.29) is 23.8 Å². The van der Waals surface area contributed by atoms with Crippen LogP contribution >= 0.6 is 12.4 Å². The van der Waals surface area contributed by atoms with Crippen molar-refractivity contribution in [1.82, 2.24) is 0 Å². The van der Waals surface area contributed by atoms with Gasteiger partial charge >= 0.3 is 10.2 Å². The Hall–Kier alpha value is -0.650. The van der Waals surface area contributed by atoms with Crippen molar-refractivity contribution in [2.24, 2.45) is 5.73 Å². The van der Waals surface area contributed by atoms with Crippen molar-refractivity contribution in [2.45, 2.75) is 11.4 Å². The molecule has 74 valence electrons. The van der Waals surface area contributed by atoms with Gasteiger partial charge in [-0.2, -0.15) is 8.42 Å². The number of halogens is 2. The third-order valence-electron chi connectivity index (χ3n) is 1.42. The lowest BCUT2D eigenvalue weighted by atomic mass is 10.2. The molecule has 0 aromatic heterocycles. The van der Waals surface area contributed by atoms with Crippen molar-refractivity contribution in [3.8, 4) is 0 Å². The van der Waals surface area contributed by atoms with E-state index in [0.717, 1.165) is 0 Å². The molecule has 2 N–H and O–H groups in total. The average molecular weight is 226 g/mol. The Labute approximate surface area is 82.4 Å². The van der Waals surface area contributed by atoms with Gasteiger partial charge in [0, 0.05) is 6.54 Å². The van der Waals surface area contributed by atoms with Gasteiger partial charge < -0.3 is 5.73 Å². The maximum Gasteiger partial charge on any atom is 0.332 e. The minimum Gasteiger partial charge on any atom is -0.326 e. The first-order valence-corrected chi connectivity index (χ1v) is 4.66. The summed E-state index contributed by atoms with van der Waals surface area (Å²) in [4.78, 5) is -0.342. The summed E-state index contributed by atoms with van der Waals surface area (Å²) < 4.78 is 33.2. The lowest BCUT2D eigenvalue weighted by molar-refractivity contribution is 0.552. The summed E-state index contributed by atoms with van der Waals surface area (Å²) in [6.07, 6.45) is 0. The highest BCUT2D eigenvalue weighted by Gasteiger charge is 2.10. The van der Waals surface area contributed by atoms with Crippen molar-refractivity contribution >= 4 is 22.6 Å². The Bertz CT molecular complexity index is 380. The van der Waals surface area contributed by atoms with Gasteiger partial charge in [-0.1, -0.05) is 12.1 Å². The Morgan fingerprint density at radius 3 is 2.46 bits per heavy atom. The molecule has 0 saturated carbocycles. The summed E-state index contributed by atoms with van der Waals surface area (Å²) >= 11 is 0. The fourth-order valence-corrected chi connectivity index (χ4v) is 1.36. The van der Waals surface area contributed by atoms with Crippen LogP contribution in [0.5, 0.6) is 0 Å². The molecule has 0 radical (unpaired) electrons. The van der Waals surface area contributed by atoms with Crippen LogP contribution in [-0.4, -0.2) is 8.42 Å². The lowest BCUT2D eigenvalue weighted by Crippen LogP contribution is -1.98. The first-order valence-electron chi connectivity index (χ1n) is 3.27. The minimum atomic E-state index is -4.59. The number of benzene rings is 1. The van der Waals surface area contributed by atoms with Gasteiger partial charge in [0.05, 0.1) is 4.90 Å². The fraction of sp³-hybridized carbons (Fsp3) is 0.143. The Morgan fingerprint density at radius 1 is 1.38 bits per heavy atom. The maximum atomic E-state index is 12.4. The second kappa shape index (κ2) is 4.55. The minimum absolute atomic E-state index is 0. The first-order chi connectivity index (χ1) is 5.54. The smallest absolute Gasteiger partial charge is 0.326 e. The molecule has 0 fully saturated rings. The molecule has 0 saturated heterocycles. The Morgan fingerprint density at radius 2 is 2.00 bits per heavy atom. The van der Waals surface area contributed by atoms with Gasteiger partial charge in [-0.3, -0.25) is 0 Å². The highest BCUT2D eigenvalue weighted by Crippen LogP contribution is 2.13. The van der Waals surface area contributed by atoms with E-state index in [4.69, 9.17) is 5.73 Å². The lowest BCUT2D eigenvalue weighted by Gasteiger charge is -1.97.